The molecular formula is C13H17NO4. The maximum absolute atomic E-state index is 11.1. The molecule has 18 heavy (non-hydrogen) atoms. The molecule has 1 aromatic carbocycles. The van der Waals surface area contributed by atoms with Gasteiger partial charge in [0.2, 0.25) is 0 Å². The number of anilines is 1. The van der Waals surface area contributed by atoms with Gasteiger partial charge in [0.25, 0.3) is 0 Å². The van der Waals surface area contributed by atoms with E-state index in [2.05, 4.69) is 5.32 Å². The second-order valence-electron chi connectivity index (χ2n) is 4.08. The van der Waals surface area contributed by atoms with Crippen LogP contribution in [0.4, 0.5) is 5.69 Å². The number of carbonyl (C=O) groups is 2. The van der Waals surface area contributed by atoms with Gasteiger partial charge in [-0.05, 0) is 17.7 Å². The predicted molar refractivity (Wildman–Crippen MR) is 67.6 cm³/mol. The zero-order valence-electron chi connectivity index (χ0n) is 10.2. The van der Waals surface area contributed by atoms with Gasteiger partial charge in [-0.3, -0.25) is 4.79 Å². The van der Waals surface area contributed by atoms with Crippen molar-refractivity contribution in [1.82, 2.24) is 0 Å². The van der Waals surface area contributed by atoms with Crippen molar-refractivity contribution in [2.24, 2.45) is 5.92 Å². The Bertz CT molecular complexity index is 402. The highest BCUT2D eigenvalue weighted by Gasteiger charge is 2.26. The molecule has 1 aromatic rings. The van der Waals surface area contributed by atoms with Crippen LogP contribution in [0.25, 0.3) is 0 Å². The van der Waals surface area contributed by atoms with Gasteiger partial charge in [-0.25, -0.2) is 0 Å². The fourth-order valence-corrected chi connectivity index (χ4v) is 1.76. The Morgan fingerprint density at radius 3 is 2.44 bits per heavy atom. The average molecular weight is 251 g/mol. The van der Waals surface area contributed by atoms with E-state index >= 15 is 0 Å². The molecule has 5 heteroatoms. The number of aldehydes is 1. The zero-order valence-corrected chi connectivity index (χ0v) is 10.2. The summed E-state index contributed by atoms with van der Waals surface area (Å²) in [5, 5.41) is 20.8. The second-order valence-corrected chi connectivity index (χ2v) is 4.08. The number of carboxylic acid groups (broad SMARTS) is 1. The number of hydrogen-bond acceptors (Lipinski definition) is 4. The lowest BCUT2D eigenvalue weighted by molar-refractivity contribution is -0.141. The van der Waals surface area contributed by atoms with Gasteiger partial charge in [-0.1, -0.05) is 19.1 Å². The van der Waals surface area contributed by atoms with Crippen LogP contribution in [0.3, 0.4) is 0 Å². The fourth-order valence-electron chi connectivity index (χ4n) is 1.76. The lowest BCUT2D eigenvalue weighted by atomic mass is 9.88. The minimum atomic E-state index is -1.01. The van der Waals surface area contributed by atoms with E-state index < -0.39 is 17.8 Å². The van der Waals surface area contributed by atoms with E-state index in [4.69, 9.17) is 10.2 Å². The van der Waals surface area contributed by atoms with Gasteiger partial charge >= 0.3 is 5.97 Å². The summed E-state index contributed by atoms with van der Waals surface area (Å²) in [6.07, 6.45) is 0.650. The fraction of sp³-hybridized carbons (Fsp3) is 0.385. The average Bonchev–Trinajstić information content (AvgIpc) is 2.37. The molecule has 0 bridgehead atoms. The van der Waals surface area contributed by atoms with Crippen molar-refractivity contribution >= 4 is 17.9 Å². The molecule has 5 nitrogen and oxygen atoms in total. The van der Waals surface area contributed by atoms with Gasteiger partial charge in [0.1, 0.15) is 6.29 Å². The lowest BCUT2D eigenvalue weighted by Gasteiger charge is -2.16. The molecule has 1 rings (SSSR count). The Balaban J connectivity index is 2.87. The molecule has 0 aliphatic heterocycles. The molecule has 0 aromatic heterocycles. The monoisotopic (exact) mass is 251 g/mol. The summed E-state index contributed by atoms with van der Waals surface area (Å²) in [5.41, 5.74) is 1.40. The van der Waals surface area contributed by atoms with Crippen LogP contribution >= 0.6 is 0 Å². The van der Waals surface area contributed by atoms with Crippen LogP contribution in [-0.2, 0) is 9.59 Å². The molecule has 0 aliphatic carbocycles. The van der Waals surface area contributed by atoms with Crippen molar-refractivity contribution in [1.29, 1.82) is 0 Å². The van der Waals surface area contributed by atoms with E-state index in [1.807, 2.05) is 0 Å². The van der Waals surface area contributed by atoms with Crippen LogP contribution in [0.15, 0.2) is 24.3 Å². The third-order valence-electron chi connectivity index (χ3n) is 2.72. The van der Waals surface area contributed by atoms with Crippen LogP contribution < -0.4 is 5.32 Å². The van der Waals surface area contributed by atoms with Crippen molar-refractivity contribution in [3.63, 3.8) is 0 Å². The molecule has 0 radical (unpaired) electrons. The Morgan fingerprint density at radius 2 is 2.00 bits per heavy atom. The Hall–Kier alpha value is -1.88. The van der Waals surface area contributed by atoms with E-state index in [9.17, 15) is 9.59 Å². The summed E-state index contributed by atoms with van der Waals surface area (Å²) in [7, 11) is 0. The summed E-state index contributed by atoms with van der Waals surface area (Å²) < 4.78 is 0. The minimum absolute atomic E-state index is 0.0294. The molecular weight excluding hydrogens is 234 g/mol. The number of carboxylic acids is 1. The topological polar surface area (TPSA) is 86.6 Å². The third kappa shape index (κ3) is 3.56. The van der Waals surface area contributed by atoms with Gasteiger partial charge in [0, 0.05) is 18.2 Å². The van der Waals surface area contributed by atoms with Crippen LogP contribution in [0.2, 0.25) is 0 Å². The van der Waals surface area contributed by atoms with Crippen molar-refractivity contribution in [2.45, 2.75) is 12.8 Å². The summed E-state index contributed by atoms with van der Waals surface area (Å²) in [4.78, 5) is 21.9. The quantitative estimate of drug-likeness (QED) is 0.632. The smallest absolute Gasteiger partial charge is 0.311 e. The Kier molecular flexibility index (Phi) is 5.32. The summed E-state index contributed by atoms with van der Waals surface area (Å²) in [6, 6.07) is 6.83. The highest BCUT2D eigenvalue weighted by molar-refractivity contribution is 5.80. The van der Waals surface area contributed by atoms with E-state index in [1.54, 1.807) is 31.2 Å². The number of carbonyl (C=O) groups excluding carboxylic acids is 1. The van der Waals surface area contributed by atoms with E-state index in [-0.39, 0.29) is 6.61 Å². The maximum atomic E-state index is 11.1. The number of aliphatic hydroxyl groups is 1. The molecule has 0 saturated carbocycles. The molecule has 0 fully saturated rings. The molecule has 0 aliphatic rings. The van der Waals surface area contributed by atoms with Crippen molar-refractivity contribution in [3.8, 4) is 0 Å². The van der Waals surface area contributed by atoms with Crippen LogP contribution in [0, 0.1) is 5.92 Å². The Labute approximate surface area is 105 Å². The first-order valence-corrected chi connectivity index (χ1v) is 5.73. The van der Waals surface area contributed by atoms with E-state index in [1.165, 1.54) is 0 Å². The molecule has 2 atom stereocenters. The summed E-state index contributed by atoms with van der Waals surface area (Å²) in [6.45, 7) is 2.05. The van der Waals surface area contributed by atoms with Crippen LogP contribution in [0.1, 0.15) is 18.4 Å². The number of benzene rings is 1. The second kappa shape index (κ2) is 6.76. The highest BCUT2D eigenvalue weighted by atomic mass is 16.4. The SMILES string of the molecule is CC(C=O)C(C(=O)O)c1ccc(NCCO)cc1. The van der Waals surface area contributed by atoms with Gasteiger partial charge < -0.3 is 20.3 Å². The van der Waals surface area contributed by atoms with E-state index in [0.29, 0.717) is 18.4 Å². The largest absolute Gasteiger partial charge is 0.481 e. The molecule has 0 saturated heterocycles. The Morgan fingerprint density at radius 1 is 1.39 bits per heavy atom. The number of aliphatic carboxylic acids is 1. The van der Waals surface area contributed by atoms with Gasteiger partial charge in [-0.15, -0.1) is 0 Å². The molecule has 0 amide bonds. The first-order valence-electron chi connectivity index (χ1n) is 5.73. The minimum Gasteiger partial charge on any atom is -0.481 e. The standard InChI is InChI=1S/C13H17NO4/c1-9(8-16)12(13(17)18)10-2-4-11(5-3-10)14-6-7-15/h2-5,8-9,12,14-15H,6-7H2,1H3,(H,17,18). The molecule has 3 N–H and O–H groups in total. The predicted octanol–water partition coefficient (Wildman–Crippen LogP) is 1.09. The van der Waals surface area contributed by atoms with Gasteiger partial charge in [0.05, 0.1) is 12.5 Å². The first-order chi connectivity index (χ1) is 8.60. The van der Waals surface area contributed by atoms with Crippen molar-refractivity contribution in [3.05, 3.63) is 29.8 Å². The summed E-state index contributed by atoms with van der Waals surface area (Å²) >= 11 is 0. The normalized spacial score (nSPS) is 13.7. The van der Waals surface area contributed by atoms with Crippen molar-refractivity contribution < 1.29 is 19.8 Å². The number of rotatable bonds is 7. The van der Waals surface area contributed by atoms with Crippen LogP contribution in [-0.4, -0.2) is 35.6 Å². The molecule has 98 valence electrons. The van der Waals surface area contributed by atoms with Crippen LogP contribution in [0.5, 0.6) is 0 Å². The zero-order chi connectivity index (χ0) is 13.5. The lowest BCUT2D eigenvalue weighted by Crippen LogP contribution is -2.20. The van der Waals surface area contributed by atoms with E-state index in [0.717, 1.165) is 5.69 Å². The van der Waals surface area contributed by atoms with Crippen molar-refractivity contribution in [2.75, 3.05) is 18.5 Å². The third-order valence-corrected chi connectivity index (χ3v) is 2.72. The number of hydrogen-bond donors (Lipinski definition) is 3. The molecule has 0 heterocycles. The number of aliphatic hydroxyl groups excluding tert-OH is 1. The first kappa shape index (κ1) is 14.2. The molecule has 2 unspecified atom stereocenters. The van der Waals surface area contributed by atoms with Gasteiger partial charge in [0.15, 0.2) is 0 Å². The highest BCUT2D eigenvalue weighted by Crippen LogP contribution is 2.25. The summed E-state index contributed by atoms with van der Waals surface area (Å²) in [5.74, 6) is -2.40. The molecule has 0 spiro atoms. The maximum Gasteiger partial charge on any atom is 0.311 e. The van der Waals surface area contributed by atoms with Gasteiger partial charge in [-0.2, -0.15) is 0 Å². The number of nitrogens with one attached hydrogen (secondary N) is 1.